The Hall–Kier alpha value is -2.82. The maximum absolute atomic E-state index is 12.8. The lowest BCUT2D eigenvalue weighted by Gasteiger charge is -2.23. The number of likely N-dealkylation sites (tertiary alicyclic amines) is 1. The summed E-state index contributed by atoms with van der Waals surface area (Å²) in [7, 11) is 0. The molecule has 0 radical (unpaired) electrons. The van der Waals surface area contributed by atoms with Gasteiger partial charge in [0.1, 0.15) is 11.6 Å². The Morgan fingerprint density at radius 1 is 1.22 bits per heavy atom. The Morgan fingerprint density at radius 3 is 2.89 bits per heavy atom. The van der Waals surface area contributed by atoms with Crippen LogP contribution in [0.15, 0.2) is 48.5 Å². The molecule has 5 heteroatoms. The Kier molecular flexibility index (Phi) is 5.10. The minimum Gasteiger partial charge on any atom is -0.493 e. The number of nitrogens with zero attached hydrogens (tertiary/aromatic N) is 2. The molecule has 3 aromatic rings. The van der Waals surface area contributed by atoms with E-state index in [2.05, 4.69) is 4.98 Å². The second kappa shape index (κ2) is 7.82. The first-order valence-electron chi connectivity index (χ1n) is 9.65. The van der Waals surface area contributed by atoms with Crippen molar-refractivity contribution in [2.24, 2.45) is 0 Å². The van der Waals surface area contributed by atoms with Gasteiger partial charge in [-0.1, -0.05) is 30.3 Å². The van der Waals surface area contributed by atoms with Crippen LogP contribution in [0.5, 0.6) is 5.75 Å². The van der Waals surface area contributed by atoms with Crippen LogP contribution in [-0.2, 0) is 4.79 Å². The predicted octanol–water partition coefficient (Wildman–Crippen LogP) is 4.39. The molecule has 1 unspecified atom stereocenters. The van der Waals surface area contributed by atoms with Gasteiger partial charge in [-0.3, -0.25) is 4.79 Å². The van der Waals surface area contributed by atoms with Crippen LogP contribution in [0.4, 0.5) is 0 Å². The summed E-state index contributed by atoms with van der Waals surface area (Å²) in [6, 6.07) is 16.0. The molecular weight excluding hydrogens is 338 g/mol. The van der Waals surface area contributed by atoms with Gasteiger partial charge in [0.05, 0.1) is 23.7 Å². The molecule has 1 atom stereocenters. The topological polar surface area (TPSA) is 58.2 Å². The van der Waals surface area contributed by atoms with E-state index in [1.165, 1.54) is 0 Å². The summed E-state index contributed by atoms with van der Waals surface area (Å²) < 4.78 is 5.81. The van der Waals surface area contributed by atoms with Crippen molar-refractivity contribution in [1.29, 1.82) is 0 Å². The number of hydrogen-bond donors (Lipinski definition) is 1. The van der Waals surface area contributed by atoms with Crippen molar-refractivity contribution in [2.75, 3.05) is 13.2 Å². The highest BCUT2D eigenvalue weighted by Crippen LogP contribution is 2.32. The van der Waals surface area contributed by atoms with E-state index in [9.17, 15) is 4.79 Å². The van der Waals surface area contributed by atoms with Gasteiger partial charge in [0.15, 0.2) is 0 Å². The number of para-hydroxylation sites is 3. The summed E-state index contributed by atoms with van der Waals surface area (Å²) >= 11 is 0. The normalized spacial score (nSPS) is 16.8. The molecule has 0 aliphatic carbocycles. The maximum Gasteiger partial charge on any atom is 0.223 e. The van der Waals surface area contributed by atoms with Gasteiger partial charge >= 0.3 is 0 Å². The van der Waals surface area contributed by atoms with E-state index < -0.39 is 0 Å². The molecule has 2 heterocycles. The molecule has 5 nitrogen and oxygen atoms in total. The molecule has 1 amide bonds. The average molecular weight is 363 g/mol. The van der Waals surface area contributed by atoms with E-state index in [1.54, 1.807) is 0 Å². The number of hydrogen-bond acceptors (Lipinski definition) is 3. The van der Waals surface area contributed by atoms with Gasteiger partial charge in [0.2, 0.25) is 5.91 Å². The average Bonchev–Trinajstić information content (AvgIpc) is 3.32. The number of rotatable bonds is 6. The first kappa shape index (κ1) is 17.6. The van der Waals surface area contributed by atoms with Crippen molar-refractivity contribution >= 4 is 16.9 Å². The fraction of sp³-hybridized carbons (Fsp3) is 0.364. The molecule has 1 saturated heterocycles. The lowest BCUT2D eigenvalue weighted by molar-refractivity contribution is -0.132. The second-order valence-electron chi connectivity index (χ2n) is 7.10. The zero-order chi connectivity index (χ0) is 18.6. The number of benzene rings is 2. The second-order valence-corrected chi connectivity index (χ2v) is 7.10. The number of imidazole rings is 1. The van der Waals surface area contributed by atoms with Crippen molar-refractivity contribution < 1.29 is 9.53 Å². The number of H-pyrrole nitrogens is 1. The fourth-order valence-corrected chi connectivity index (χ4v) is 3.75. The van der Waals surface area contributed by atoms with E-state index in [-0.39, 0.29) is 11.9 Å². The maximum atomic E-state index is 12.8. The summed E-state index contributed by atoms with van der Waals surface area (Å²) in [4.78, 5) is 22.8. The van der Waals surface area contributed by atoms with Crippen molar-refractivity contribution in [3.8, 4) is 5.75 Å². The van der Waals surface area contributed by atoms with Crippen molar-refractivity contribution in [1.82, 2.24) is 14.9 Å². The molecule has 1 aliphatic rings. The van der Waals surface area contributed by atoms with Crippen molar-refractivity contribution in [2.45, 2.75) is 38.6 Å². The monoisotopic (exact) mass is 363 g/mol. The first-order chi connectivity index (χ1) is 13.2. The zero-order valence-corrected chi connectivity index (χ0v) is 15.6. The lowest BCUT2D eigenvalue weighted by atomic mass is 10.2. The molecule has 1 N–H and O–H groups in total. The minimum absolute atomic E-state index is 0.0576. The molecule has 4 rings (SSSR count). The summed E-state index contributed by atoms with van der Waals surface area (Å²) in [5.74, 6) is 1.98. The van der Waals surface area contributed by atoms with E-state index in [0.29, 0.717) is 13.0 Å². The molecule has 0 bridgehead atoms. The van der Waals surface area contributed by atoms with Crippen LogP contribution in [0.3, 0.4) is 0 Å². The van der Waals surface area contributed by atoms with Gasteiger partial charge in [-0.25, -0.2) is 4.98 Å². The van der Waals surface area contributed by atoms with Gasteiger partial charge in [-0.15, -0.1) is 0 Å². The van der Waals surface area contributed by atoms with E-state index in [4.69, 9.17) is 9.72 Å². The van der Waals surface area contributed by atoms with Crippen LogP contribution in [-0.4, -0.2) is 33.9 Å². The van der Waals surface area contributed by atoms with Gasteiger partial charge in [-0.2, -0.15) is 0 Å². The number of ether oxygens (including phenoxy) is 1. The number of fused-ring (bicyclic) bond motifs is 1. The largest absolute Gasteiger partial charge is 0.493 e. The van der Waals surface area contributed by atoms with E-state index >= 15 is 0 Å². The van der Waals surface area contributed by atoms with Crippen LogP contribution in [0, 0.1) is 6.92 Å². The number of aromatic nitrogens is 2. The lowest BCUT2D eigenvalue weighted by Crippen LogP contribution is -2.31. The Labute approximate surface area is 159 Å². The van der Waals surface area contributed by atoms with E-state index in [0.717, 1.165) is 54.0 Å². The van der Waals surface area contributed by atoms with Crippen molar-refractivity contribution in [3.63, 3.8) is 0 Å². The van der Waals surface area contributed by atoms with Crippen LogP contribution in [0.25, 0.3) is 11.0 Å². The van der Waals surface area contributed by atoms with Gasteiger partial charge < -0.3 is 14.6 Å². The number of aromatic amines is 1. The van der Waals surface area contributed by atoms with Crippen LogP contribution in [0.1, 0.15) is 43.1 Å². The molecule has 2 aromatic carbocycles. The van der Waals surface area contributed by atoms with Crippen molar-refractivity contribution in [3.05, 3.63) is 59.9 Å². The number of nitrogens with one attached hydrogen (secondary N) is 1. The molecule has 140 valence electrons. The standard InChI is InChI=1S/C22H25N3O2/c1-16-8-2-5-12-20(16)27-15-7-13-21(26)25-14-6-11-19(25)22-23-17-9-3-4-10-18(17)24-22/h2-5,8-10,12,19H,6-7,11,13-15H2,1H3,(H,23,24). The third-order valence-electron chi connectivity index (χ3n) is 5.18. The molecule has 0 spiro atoms. The molecule has 1 aliphatic heterocycles. The Bertz CT molecular complexity index is 901. The molecule has 0 saturated carbocycles. The molecule has 27 heavy (non-hydrogen) atoms. The zero-order valence-electron chi connectivity index (χ0n) is 15.6. The molecular formula is C22H25N3O2. The molecule has 1 aromatic heterocycles. The summed E-state index contributed by atoms with van der Waals surface area (Å²) in [6.45, 7) is 3.39. The quantitative estimate of drug-likeness (QED) is 0.661. The third kappa shape index (κ3) is 3.82. The highest BCUT2D eigenvalue weighted by atomic mass is 16.5. The number of carbonyl (C=O) groups is 1. The SMILES string of the molecule is Cc1ccccc1OCCCC(=O)N1CCCC1c1nc2ccccc2[nH]1. The van der Waals surface area contributed by atoms with Gasteiger partial charge in [0.25, 0.3) is 0 Å². The van der Waals surface area contributed by atoms with Crippen LogP contribution in [0.2, 0.25) is 0 Å². The highest BCUT2D eigenvalue weighted by molar-refractivity contribution is 5.78. The predicted molar refractivity (Wildman–Crippen MR) is 106 cm³/mol. The molecule has 1 fully saturated rings. The van der Waals surface area contributed by atoms with Gasteiger partial charge in [-0.05, 0) is 49.9 Å². The van der Waals surface area contributed by atoms with Crippen LogP contribution >= 0.6 is 0 Å². The first-order valence-corrected chi connectivity index (χ1v) is 9.65. The fourth-order valence-electron chi connectivity index (χ4n) is 3.75. The third-order valence-corrected chi connectivity index (χ3v) is 5.18. The number of amides is 1. The minimum atomic E-state index is 0.0576. The summed E-state index contributed by atoms with van der Waals surface area (Å²) in [5.41, 5.74) is 3.10. The number of aryl methyl sites for hydroxylation is 1. The Morgan fingerprint density at radius 2 is 2.04 bits per heavy atom. The van der Waals surface area contributed by atoms with Gasteiger partial charge in [0, 0.05) is 13.0 Å². The summed E-state index contributed by atoms with van der Waals surface area (Å²) in [6.07, 6.45) is 3.21. The summed E-state index contributed by atoms with van der Waals surface area (Å²) in [5, 5.41) is 0. The smallest absolute Gasteiger partial charge is 0.223 e. The van der Waals surface area contributed by atoms with Crippen LogP contribution < -0.4 is 4.74 Å². The Balaban J connectivity index is 1.34. The highest BCUT2D eigenvalue weighted by Gasteiger charge is 2.31. The van der Waals surface area contributed by atoms with E-state index in [1.807, 2.05) is 60.4 Å². The number of carbonyl (C=O) groups excluding carboxylic acids is 1.